The number of carboxylic acid groups (broad SMARTS) is 1. The van der Waals surface area contributed by atoms with E-state index in [1.807, 2.05) is 0 Å². The molecule has 20 heavy (non-hydrogen) atoms. The van der Waals surface area contributed by atoms with Crippen molar-refractivity contribution in [1.82, 2.24) is 4.98 Å². The van der Waals surface area contributed by atoms with E-state index in [9.17, 15) is 14.7 Å². The smallest absolute Gasteiger partial charge is 0.336 e. The third-order valence-electron chi connectivity index (χ3n) is 3.26. The maximum absolute atomic E-state index is 12.0. The maximum Gasteiger partial charge on any atom is 0.336 e. The van der Waals surface area contributed by atoms with Gasteiger partial charge in [0.2, 0.25) is 0 Å². The minimum Gasteiger partial charge on any atom is -0.493 e. The number of rotatable bonds is 2. The first-order valence-corrected chi connectivity index (χ1v) is 5.89. The van der Waals surface area contributed by atoms with E-state index >= 15 is 0 Å². The van der Waals surface area contributed by atoms with Gasteiger partial charge in [0.25, 0.3) is 5.56 Å². The van der Waals surface area contributed by atoms with Gasteiger partial charge in [0.1, 0.15) is 5.58 Å². The van der Waals surface area contributed by atoms with Crippen molar-refractivity contribution in [1.29, 1.82) is 0 Å². The van der Waals surface area contributed by atoms with Crippen molar-refractivity contribution in [2.24, 2.45) is 0 Å². The molecular formula is C14H11NO5. The van der Waals surface area contributed by atoms with Crippen LogP contribution in [-0.2, 0) is 0 Å². The highest BCUT2D eigenvalue weighted by Crippen LogP contribution is 2.36. The number of furan rings is 1. The number of methoxy groups -OCH3 is 1. The number of benzene rings is 1. The Balaban J connectivity index is 2.67. The molecule has 0 aliphatic carbocycles. The number of hydrogen-bond donors (Lipinski definition) is 2. The largest absolute Gasteiger partial charge is 0.493 e. The van der Waals surface area contributed by atoms with Crippen LogP contribution in [0.2, 0.25) is 0 Å². The predicted octanol–water partition coefficient (Wildman–Crippen LogP) is 2.29. The second kappa shape index (κ2) is 4.12. The molecule has 0 saturated heterocycles. The van der Waals surface area contributed by atoms with Gasteiger partial charge >= 0.3 is 5.97 Å². The Hall–Kier alpha value is -2.76. The number of H-pyrrole nitrogens is 1. The zero-order chi connectivity index (χ0) is 14.4. The van der Waals surface area contributed by atoms with Crippen molar-refractivity contribution < 1.29 is 19.1 Å². The molecule has 6 nitrogen and oxygen atoms in total. The molecule has 6 heteroatoms. The van der Waals surface area contributed by atoms with E-state index in [1.165, 1.54) is 25.4 Å². The van der Waals surface area contributed by atoms with Gasteiger partial charge in [0.15, 0.2) is 11.3 Å². The number of aromatic nitrogens is 1. The van der Waals surface area contributed by atoms with E-state index in [0.717, 1.165) is 0 Å². The minimum atomic E-state index is -1.12. The standard InChI is InChI=1S/C14H11NO5/c1-6-5-15-13(16)10-9-7(14(17)18)3-4-8(19-2)12(9)20-11(6)10/h3-5H,1-2H3,(H,15,16)(H,17,18). The number of aromatic carboxylic acids is 1. The molecule has 0 unspecified atom stereocenters. The van der Waals surface area contributed by atoms with Gasteiger partial charge < -0.3 is 19.2 Å². The Bertz CT molecular complexity index is 903. The summed E-state index contributed by atoms with van der Waals surface area (Å²) < 4.78 is 10.8. The van der Waals surface area contributed by atoms with E-state index in [-0.39, 0.29) is 27.5 Å². The van der Waals surface area contributed by atoms with E-state index in [0.29, 0.717) is 16.9 Å². The molecule has 2 N–H and O–H groups in total. The molecule has 0 aliphatic rings. The van der Waals surface area contributed by atoms with Crippen molar-refractivity contribution in [2.45, 2.75) is 6.92 Å². The first-order valence-electron chi connectivity index (χ1n) is 5.89. The number of fused-ring (bicyclic) bond motifs is 3. The van der Waals surface area contributed by atoms with Crippen LogP contribution in [0.25, 0.3) is 21.9 Å². The molecule has 3 rings (SSSR count). The van der Waals surface area contributed by atoms with Crippen LogP contribution < -0.4 is 10.3 Å². The second-order valence-electron chi connectivity index (χ2n) is 4.43. The van der Waals surface area contributed by atoms with Gasteiger partial charge in [0, 0.05) is 11.8 Å². The van der Waals surface area contributed by atoms with Crippen LogP contribution in [0.4, 0.5) is 0 Å². The van der Waals surface area contributed by atoms with Gasteiger partial charge in [-0.3, -0.25) is 4.79 Å². The van der Waals surface area contributed by atoms with E-state index < -0.39 is 5.97 Å². The highest BCUT2D eigenvalue weighted by molar-refractivity contribution is 6.16. The summed E-state index contributed by atoms with van der Waals surface area (Å²) >= 11 is 0. The fraction of sp³-hybridized carbons (Fsp3) is 0.143. The topological polar surface area (TPSA) is 92.5 Å². The van der Waals surface area contributed by atoms with Crippen molar-refractivity contribution in [3.8, 4) is 5.75 Å². The van der Waals surface area contributed by atoms with Crippen LogP contribution in [0.1, 0.15) is 15.9 Å². The number of hydrogen-bond acceptors (Lipinski definition) is 4. The molecule has 3 aromatic rings. The fourth-order valence-corrected chi connectivity index (χ4v) is 2.32. The zero-order valence-electron chi connectivity index (χ0n) is 10.8. The van der Waals surface area contributed by atoms with Crippen LogP contribution >= 0.6 is 0 Å². The van der Waals surface area contributed by atoms with Gasteiger partial charge in [0.05, 0.1) is 23.4 Å². The Morgan fingerprint density at radius 1 is 1.30 bits per heavy atom. The summed E-state index contributed by atoms with van der Waals surface area (Å²) in [6.45, 7) is 1.77. The summed E-state index contributed by atoms with van der Waals surface area (Å²) in [5, 5.41) is 9.78. The molecule has 0 aliphatic heterocycles. The normalized spacial score (nSPS) is 11.1. The van der Waals surface area contributed by atoms with E-state index in [1.54, 1.807) is 6.92 Å². The molecule has 0 saturated carbocycles. The predicted molar refractivity (Wildman–Crippen MR) is 72.6 cm³/mol. The highest BCUT2D eigenvalue weighted by Gasteiger charge is 2.21. The zero-order valence-corrected chi connectivity index (χ0v) is 10.8. The highest BCUT2D eigenvalue weighted by atomic mass is 16.5. The van der Waals surface area contributed by atoms with E-state index in [4.69, 9.17) is 9.15 Å². The quantitative estimate of drug-likeness (QED) is 0.747. The molecule has 2 aromatic heterocycles. The molecular weight excluding hydrogens is 262 g/mol. The van der Waals surface area contributed by atoms with Crippen LogP contribution in [0.5, 0.6) is 5.75 Å². The van der Waals surface area contributed by atoms with Crippen molar-refractivity contribution in [2.75, 3.05) is 7.11 Å². The number of ether oxygens (including phenoxy) is 1. The summed E-state index contributed by atoms with van der Waals surface area (Å²) in [6.07, 6.45) is 1.53. The van der Waals surface area contributed by atoms with Crippen LogP contribution in [0.3, 0.4) is 0 Å². The fourth-order valence-electron chi connectivity index (χ4n) is 2.32. The van der Waals surface area contributed by atoms with Crippen LogP contribution in [0, 0.1) is 6.92 Å². The molecule has 2 heterocycles. The molecule has 0 amide bonds. The minimum absolute atomic E-state index is 0.00986. The number of carbonyl (C=O) groups is 1. The Morgan fingerprint density at radius 2 is 2.05 bits per heavy atom. The average molecular weight is 273 g/mol. The summed E-state index contributed by atoms with van der Waals surface area (Å²) in [7, 11) is 1.46. The van der Waals surface area contributed by atoms with Gasteiger partial charge in [-0.15, -0.1) is 0 Å². The molecule has 102 valence electrons. The first kappa shape index (κ1) is 12.3. The molecule has 0 spiro atoms. The number of carboxylic acids is 1. The summed E-state index contributed by atoms with van der Waals surface area (Å²) in [5.41, 5.74) is 0.975. The summed E-state index contributed by atoms with van der Waals surface area (Å²) in [6, 6.07) is 2.91. The van der Waals surface area contributed by atoms with Crippen molar-refractivity contribution in [3.05, 3.63) is 39.8 Å². The number of pyridine rings is 1. The third-order valence-corrected chi connectivity index (χ3v) is 3.26. The third kappa shape index (κ3) is 1.51. The van der Waals surface area contributed by atoms with Gasteiger partial charge in [-0.05, 0) is 19.1 Å². The molecule has 1 aromatic carbocycles. The molecule has 0 atom stereocenters. The monoisotopic (exact) mass is 273 g/mol. The lowest BCUT2D eigenvalue weighted by Crippen LogP contribution is -2.06. The average Bonchev–Trinajstić information content (AvgIpc) is 2.83. The van der Waals surface area contributed by atoms with E-state index in [2.05, 4.69) is 4.98 Å². The lowest BCUT2D eigenvalue weighted by Gasteiger charge is -2.02. The van der Waals surface area contributed by atoms with Crippen LogP contribution in [-0.4, -0.2) is 23.2 Å². The van der Waals surface area contributed by atoms with Crippen molar-refractivity contribution >= 4 is 27.9 Å². The number of aromatic amines is 1. The number of nitrogens with one attached hydrogen (secondary N) is 1. The summed E-state index contributed by atoms with van der Waals surface area (Å²) in [4.78, 5) is 26.0. The SMILES string of the molecule is COc1ccc(C(=O)O)c2c1oc1c(C)c[nH]c(=O)c12. The first-order chi connectivity index (χ1) is 9.54. The molecule has 0 bridgehead atoms. The Morgan fingerprint density at radius 3 is 2.70 bits per heavy atom. The maximum atomic E-state index is 12.0. The Kier molecular flexibility index (Phi) is 2.53. The van der Waals surface area contributed by atoms with Crippen LogP contribution in [0.15, 0.2) is 27.5 Å². The van der Waals surface area contributed by atoms with Gasteiger partial charge in [-0.2, -0.15) is 0 Å². The Labute approximate surface area is 112 Å². The summed E-state index contributed by atoms with van der Waals surface area (Å²) in [5.74, 6) is -0.735. The van der Waals surface area contributed by atoms with Gasteiger partial charge in [-0.1, -0.05) is 0 Å². The molecule has 0 radical (unpaired) electrons. The lowest BCUT2D eigenvalue weighted by molar-refractivity contribution is 0.0699. The van der Waals surface area contributed by atoms with Gasteiger partial charge in [-0.25, -0.2) is 4.79 Å². The second-order valence-corrected chi connectivity index (χ2v) is 4.43. The molecule has 0 fully saturated rings. The number of aryl methyl sites for hydroxylation is 1. The van der Waals surface area contributed by atoms with Crippen molar-refractivity contribution in [3.63, 3.8) is 0 Å². The lowest BCUT2D eigenvalue weighted by atomic mass is 10.1.